The van der Waals surface area contributed by atoms with Crippen molar-refractivity contribution in [2.45, 2.75) is 6.92 Å². The number of aromatic amines is 1. The average Bonchev–Trinajstić information content (AvgIpc) is 2.50. The molecule has 0 aliphatic heterocycles. The molecule has 6 nitrogen and oxygen atoms in total. The number of nitrogens with two attached hydrogens (primary N) is 1. The molecule has 0 saturated carbocycles. The third-order valence-corrected chi connectivity index (χ3v) is 3.52. The molecule has 0 fully saturated rings. The quantitative estimate of drug-likeness (QED) is 0.498. The number of aromatic nitrogens is 2. The molecule has 3 rings (SSSR count). The zero-order valence-corrected chi connectivity index (χ0v) is 13.1. The molecular weight excluding hydrogens is 314 g/mol. The lowest BCUT2D eigenvalue weighted by molar-refractivity contribution is 1.13. The van der Waals surface area contributed by atoms with E-state index in [4.69, 9.17) is 17.3 Å². The second kappa shape index (κ2) is 6.10. The van der Waals surface area contributed by atoms with E-state index in [0.717, 1.165) is 11.3 Å². The van der Waals surface area contributed by atoms with Crippen molar-refractivity contribution in [2.75, 3.05) is 5.32 Å². The van der Waals surface area contributed by atoms with Crippen molar-refractivity contribution in [1.82, 2.24) is 9.97 Å². The highest BCUT2D eigenvalue weighted by atomic mass is 35.5. The second-order valence-electron chi connectivity index (χ2n) is 4.99. The number of nitrogens with one attached hydrogen (secondary N) is 2. The highest BCUT2D eigenvalue weighted by molar-refractivity contribution is 6.31. The first-order valence-electron chi connectivity index (χ1n) is 6.89. The summed E-state index contributed by atoms with van der Waals surface area (Å²) in [5.41, 5.74) is 7.93. The highest BCUT2D eigenvalue weighted by Crippen LogP contribution is 2.17. The van der Waals surface area contributed by atoms with E-state index in [0.29, 0.717) is 15.9 Å². The summed E-state index contributed by atoms with van der Waals surface area (Å²) in [5, 5.41) is 3.86. The number of hydrogen-bond acceptors (Lipinski definition) is 3. The molecule has 0 aliphatic rings. The summed E-state index contributed by atoms with van der Waals surface area (Å²) in [4.78, 5) is 23.0. The Morgan fingerprint density at radius 3 is 2.87 bits per heavy atom. The van der Waals surface area contributed by atoms with Crippen molar-refractivity contribution in [3.05, 3.63) is 63.4 Å². The van der Waals surface area contributed by atoms with Crippen molar-refractivity contribution in [3.8, 4) is 0 Å². The molecular formula is C16H14ClN5O. The fraction of sp³-hybridized carbons (Fsp3) is 0.0625. The first-order chi connectivity index (χ1) is 11.0. The number of benzene rings is 2. The molecule has 0 spiro atoms. The van der Waals surface area contributed by atoms with Crippen LogP contribution in [-0.2, 0) is 0 Å². The number of para-hydroxylation sites is 1. The van der Waals surface area contributed by atoms with Gasteiger partial charge in [0.05, 0.1) is 10.9 Å². The molecule has 0 atom stereocenters. The third kappa shape index (κ3) is 3.32. The maximum atomic E-state index is 12.1. The SMILES string of the molecule is Cc1ccccc1N/C(N)=N/c1nc2ccc(Cl)cc2c(=O)[nH]1. The van der Waals surface area contributed by atoms with Gasteiger partial charge in [0.1, 0.15) is 0 Å². The molecule has 0 radical (unpaired) electrons. The topological polar surface area (TPSA) is 96.2 Å². The predicted molar refractivity (Wildman–Crippen MR) is 93.5 cm³/mol. The summed E-state index contributed by atoms with van der Waals surface area (Å²) in [5.74, 6) is 0.263. The number of hydrogen-bond donors (Lipinski definition) is 3. The van der Waals surface area contributed by atoms with Gasteiger partial charge in [-0.05, 0) is 36.8 Å². The number of anilines is 1. The third-order valence-electron chi connectivity index (χ3n) is 3.29. The molecule has 7 heteroatoms. The Morgan fingerprint density at radius 1 is 1.30 bits per heavy atom. The lowest BCUT2D eigenvalue weighted by atomic mass is 10.2. The Bertz CT molecular complexity index is 964. The van der Waals surface area contributed by atoms with Crippen LogP contribution in [-0.4, -0.2) is 15.9 Å². The van der Waals surface area contributed by atoms with Crippen LogP contribution in [0.1, 0.15) is 5.56 Å². The van der Waals surface area contributed by atoms with E-state index in [1.54, 1.807) is 18.2 Å². The van der Waals surface area contributed by atoms with Crippen LogP contribution in [0.5, 0.6) is 0 Å². The second-order valence-corrected chi connectivity index (χ2v) is 5.42. The Balaban J connectivity index is 1.95. The molecule has 1 heterocycles. The average molecular weight is 328 g/mol. The van der Waals surface area contributed by atoms with Crippen molar-refractivity contribution < 1.29 is 0 Å². The van der Waals surface area contributed by atoms with Gasteiger partial charge in [-0.25, -0.2) is 4.98 Å². The number of rotatable bonds is 2. The number of guanidine groups is 1. The van der Waals surface area contributed by atoms with Crippen molar-refractivity contribution in [3.63, 3.8) is 0 Å². The van der Waals surface area contributed by atoms with Gasteiger partial charge in [0, 0.05) is 10.7 Å². The normalized spacial score (nSPS) is 11.7. The van der Waals surface area contributed by atoms with Gasteiger partial charge in [-0.1, -0.05) is 29.8 Å². The van der Waals surface area contributed by atoms with Crippen molar-refractivity contribution in [1.29, 1.82) is 0 Å². The van der Waals surface area contributed by atoms with Crippen LogP contribution < -0.4 is 16.6 Å². The van der Waals surface area contributed by atoms with E-state index >= 15 is 0 Å². The molecule has 0 amide bonds. The first-order valence-corrected chi connectivity index (χ1v) is 7.27. The van der Waals surface area contributed by atoms with Crippen molar-refractivity contribution in [2.24, 2.45) is 10.7 Å². The maximum Gasteiger partial charge on any atom is 0.260 e. The number of fused-ring (bicyclic) bond motifs is 1. The Kier molecular flexibility index (Phi) is 3.99. The zero-order chi connectivity index (χ0) is 16.4. The Labute approximate surface area is 137 Å². The van der Waals surface area contributed by atoms with Gasteiger partial charge in [-0.15, -0.1) is 0 Å². The van der Waals surface area contributed by atoms with E-state index in [1.165, 1.54) is 0 Å². The van der Waals surface area contributed by atoms with Crippen molar-refractivity contribution >= 4 is 40.1 Å². The summed E-state index contributed by atoms with van der Waals surface area (Å²) < 4.78 is 0. The van der Waals surface area contributed by atoms with Crippen LogP contribution in [0.15, 0.2) is 52.3 Å². The molecule has 0 saturated heterocycles. The molecule has 116 valence electrons. The Morgan fingerprint density at radius 2 is 2.09 bits per heavy atom. The molecule has 2 aromatic carbocycles. The molecule has 1 aromatic heterocycles. The molecule has 3 aromatic rings. The number of halogens is 1. The lowest BCUT2D eigenvalue weighted by Gasteiger charge is -2.08. The van der Waals surface area contributed by atoms with Crippen LogP contribution in [0, 0.1) is 6.92 Å². The smallest absolute Gasteiger partial charge is 0.260 e. The van der Waals surface area contributed by atoms with Crippen LogP contribution in [0.2, 0.25) is 5.02 Å². The highest BCUT2D eigenvalue weighted by Gasteiger charge is 2.05. The summed E-state index contributed by atoms with van der Waals surface area (Å²) >= 11 is 5.88. The molecule has 4 N–H and O–H groups in total. The van der Waals surface area contributed by atoms with Crippen LogP contribution in [0.4, 0.5) is 11.6 Å². The van der Waals surface area contributed by atoms with E-state index < -0.39 is 0 Å². The van der Waals surface area contributed by atoms with Gasteiger partial charge in [0.2, 0.25) is 11.9 Å². The minimum absolute atomic E-state index is 0.128. The lowest BCUT2D eigenvalue weighted by Crippen LogP contribution is -2.23. The van der Waals surface area contributed by atoms with Gasteiger partial charge in [0.25, 0.3) is 5.56 Å². The predicted octanol–water partition coefficient (Wildman–Crippen LogP) is 2.94. The summed E-state index contributed by atoms with van der Waals surface area (Å²) in [6.45, 7) is 1.95. The Hall–Kier alpha value is -2.86. The number of H-pyrrole nitrogens is 1. The standard InChI is InChI=1S/C16H14ClN5O/c1-9-4-2-3-5-12(9)19-15(18)22-16-20-13-7-6-10(17)8-11(13)14(23)21-16/h2-8H,1H3,(H4,18,19,20,21,22,23). The summed E-state index contributed by atoms with van der Waals surface area (Å²) in [7, 11) is 0. The van der Waals surface area contributed by atoms with Crippen LogP contribution >= 0.6 is 11.6 Å². The van der Waals surface area contributed by atoms with Gasteiger partial charge in [-0.3, -0.25) is 9.78 Å². The monoisotopic (exact) mass is 327 g/mol. The number of nitrogens with zero attached hydrogens (tertiary/aromatic N) is 2. The van der Waals surface area contributed by atoms with Crippen LogP contribution in [0.25, 0.3) is 10.9 Å². The van der Waals surface area contributed by atoms with Gasteiger partial charge in [-0.2, -0.15) is 4.99 Å². The minimum atomic E-state index is -0.319. The summed E-state index contributed by atoms with van der Waals surface area (Å²) in [6.07, 6.45) is 0. The van der Waals surface area contributed by atoms with Gasteiger partial charge < -0.3 is 11.1 Å². The molecule has 23 heavy (non-hydrogen) atoms. The fourth-order valence-electron chi connectivity index (χ4n) is 2.14. The minimum Gasteiger partial charge on any atom is -0.369 e. The first kappa shape index (κ1) is 15.1. The largest absolute Gasteiger partial charge is 0.369 e. The fourth-order valence-corrected chi connectivity index (χ4v) is 2.32. The molecule has 0 unspecified atom stereocenters. The number of aryl methyl sites for hydroxylation is 1. The van der Waals surface area contributed by atoms with Crippen LogP contribution in [0.3, 0.4) is 0 Å². The number of aliphatic imine (C=N–C) groups is 1. The van der Waals surface area contributed by atoms with E-state index in [2.05, 4.69) is 20.3 Å². The van der Waals surface area contributed by atoms with Gasteiger partial charge in [0.15, 0.2) is 0 Å². The van der Waals surface area contributed by atoms with E-state index in [-0.39, 0.29) is 17.5 Å². The maximum absolute atomic E-state index is 12.1. The van der Waals surface area contributed by atoms with Gasteiger partial charge >= 0.3 is 0 Å². The molecule has 0 bridgehead atoms. The van der Waals surface area contributed by atoms with E-state index in [1.807, 2.05) is 31.2 Å². The van der Waals surface area contributed by atoms with E-state index in [9.17, 15) is 4.79 Å². The molecule has 0 aliphatic carbocycles. The summed E-state index contributed by atoms with van der Waals surface area (Å²) in [6, 6.07) is 12.6. The zero-order valence-electron chi connectivity index (χ0n) is 12.3.